The van der Waals surface area contributed by atoms with Gasteiger partial charge in [-0.25, -0.2) is 4.39 Å². The lowest BCUT2D eigenvalue weighted by atomic mass is 9.77. The van der Waals surface area contributed by atoms with E-state index in [9.17, 15) is 4.39 Å². The lowest BCUT2D eigenvalue weighted by Gasteiger charge is -2.40. The zero-order valence-electron chi connectivity index (χ0n) is 10.1. The van der Waals surface area contributed by atoms with E-state index in [1.165, 1.54) is 25.3 Å². The molecule has 1 aliphatic heterocycles. The van der Waals surface area contributed by atoms with E-state index in [2.05, 4.69) is 5.32 Å². The van der Waals surface area contributed by atoms with Crippen molar-refractivity contribution in [3.8, 4) is 5.75 Å². The van der Waals surface area contributed by atoms with Crippen LogP contribution in [0.2, 0.25) is 0 Å². The van der Waals surface area contributed by atoms with Gasteiger partial charge in [0, 0.05) is 18.0 Å². The molecule has 2 aliphatic rings. The number of ether oxygens (including phenoxy) is 1. The summed E-state index contributed by atoms with van der Waals surface area (Å²) in [6.07, 6.45) is 5.14. The van der Waals surface area contributed by atoms with Crippen LogP contribution in [0.25, 0.3) is 0 Å². The van der Waals surface area contributed by atoms with Crippen LogP contribution in [-0.4, -0.2) is 13.2 Å². The Morgan fingerprint density at radius 1 is 1.35 bits per heavy atom. The molecule has 2 atom stereocenters. The zero-order valence-corrected chi connectivity index (χ0v) is 10.1. The van der Waals surface area contributed by atoms with Gasteiger partial charge in [0.2, 0.25) is 0 Å². The molecule has 17 heavy (non-hydrogen) atoms. The minimum Gasteiger partial charge on any atom is -0.490 e. The lowest BCUT2D eigenvalue weighted by Crippen LogP contribution is -2.39. The normalized spacial score (nSPS) is 28.1. The summed E-state index contributed by atoms with van der Waals surface area (Å²) in [5, 5.41) is 3.27. The van der Waals surface area contributed by atoms with Gasteiger partial charge in [0.1, 0.15) is 17.7 Å². The van der Waals surface area contributed by atoms with Gasteiger partial charge in [-0.1, -0.05) is 6.42 Å². The third-order valence-electron chi connectivity index (χ3n) is 4.12. The number of rotatable bonds is 2. The van der Waals surface area contributed by atoms with E-state index in [0.717, 1.165) is 17.7 Å². The van der Waals surface area contributed by atoms with Crippen LogP contribution in [0.3, 0.4) is 0 Å². The highest BCUT2D eigenvalue weighted by Gasteiger charge is 2.35. The summed E-state index contributed by atoms with van der Waals surface area (Å²) in [6.45, 7) is 0. The lowest BCUT2D eigenvalue weighted by molar-refractivity contribution is 0.0539. The molecular formula is C14H18FNO. The SMILES string of the molecule is CNC1CC(C2CCC2)Oc2ccc(F)cc21. The quantitative estimate of drug-likeness (QED) is 0.850. The second kappa shape index (κ2) is 4.30. The highest BCUT2D eigenvalue weighted by Crippen LogP contribution is 2.41. The predicted octanol–water partition coefficient (Wildman–Crippen LogP) is 3.04. The van der Waals surface area contributed by atoms with Crippen molar-refractivity contribution in [1.29, 1.82) is 0 Å². The minimum absolute atomic E-state index is 0.185. The van der Waals surface area contributed by atoms with Gasteiger partial charge in [0.05, 0.1) is 0 Å². The molecule has 3 rings (SSSR count). The maximum absolute atomic E-state index is 13.3. The van der Waals surface area contributed by atoms with Gasteiger partial charge >= 0.3 is 0 Å². The molecule has 1 aromatic rings. The Hall–Kier alpha value is -1.09. The van der Waals surface area contributed by atoms with E-state index in [0.29, 0.717) is 12.0 Å². The molecule has 0 amide bonds. The number of hydrogen-bond donors (Lipinski definition) is 1. The van der Waals surface area contributed by atoms with Gasteiger partial charge in [-0.3, -0.25) is 0 Å². The average molecular weight is 235 g/mol. The third-order valence-corrected chi connectivity index (χ3v) is 4.12. The van der Waals surface area contributed by atoms with Crippen molar-refractivity contribution in [2.24, 2.45) is 5.92 Å². The first-order valence-corrected chi connectivity index (χ1v) is 6.41. The predicted molar refractivity (Wildman–Crippen MR) is 64.6 cm³/mol. The molecule has 0 aromatic heterocycles. The largest absolute Gasteiger partial charge is 0.490 e. The van der Waals surface area contributed by atoms with Crippen LogP contribution >= 0.6 is 0 Å². The van der Waals surface area contributed by atoms with E-state index in [1.807, 2.05) is 7.05 Å². The number of hydrogen-bond acceptors (Lipinski definition) is 2. The molecule has 0 spiro atoms. The fourth-order valence-corrected chi connectivity index (χ4v) is 2.84. The summed E-state index contributed by atoms with van der Waals surface area (Å²) in [6, 6.07) is 5.06. The molecule has 1 saturated carbocycles. The first-order valence-electron chi connectivity index (χ1n) is 6.41. The molecule has 2 nitrogen and oxygen atoms in total. The van der Waals surface area contributed by atoms with Crippen LogP contribution in [-0.2, 0) is 0 Å². The molecule has 3 heteroatoms. The second-order valence-electron chi connectivity index (χ2n) is 5.11. The maximum atomic E-state index is 13.3. The van der Waals surface area contributed by atoms with Crippen molar-refractivity contribution >= 4 is 0 Å². The van der Waals surface area contributed by atoms with Gasteiger partial charge in [-0.05, 0) is 44.0 Å². The van der Waals surface area contributed by atoms with Crippen molar-refractivity contribution in [3.05, 3.63) is 29.6 Å². The minimum atomic E-state index is -0.185. The Morgan fingerprint density at radius 3 is 2.82 bits per heavy atom. The smallest absolute Gasteiger partial charge is 0.124 e. The molecule has 1 N–H and O–H groups in total. The Morgan fingerprint density at radius 2 is 2.18 bits per heavy atom. The highest BCUT2D eigenvalue weighted by atomic mass is 19.1. The van der Waals surface area contributed by atoms with Crippen LogP contribution < -0.4 is 10.1 Å². The van der Waals surface area contributed by atoms with E-state index < -0.39 is 0 Å². The van der Waals surface area contributed by atoms with Gasteiger partial charge in [0.25, 0.3) is 0 Å². The van der Waals surface area contributed by atoms with Crippen molar-refractivity contribution in [3.63, 3.8) is 0 Å². The van der Waals surface area contributed by atoms with Crippen LogP contribution in [0.1, 0.15) is 37.3 Å². The first-order chi connectivity index (χ1) is 8.28. The Kier molecular flexibility index (Phi) is 2.79. The highest BCUT2D eigenvalue weighted by molar-refractivity contribution is 5.38. The van der Waals surface area contributed by atoms with Gasteiger partial charge in [-0.2, -0.15) is 0 Å². The monoisotopic (exact) mass is 235 g/mol. The summed E-state index contributed by atoms with van der Waals surface area (Å²) in [5.74, 6) is 1.37. The average Bonchev–Trinajstić information content (AvgIpc) is 2.26. The molecule has 0 bridgehead atoms. The van der Waals surface area contributed by atoms with Crippen molar-refractivity contribution in [2.75, 3.05) is 7.05 Å². The Balaban J connectivity index is 1.88. The van der Waals surface area contributed by atoms with Gasteiger partial charge in [0.15, 0.2) is 0 Å². The summed E-state index contributed by atoms with van der Waals surface area (Å²) in [4.78, 5) is 0. The number of benzene rings is 1. The van der Waals surface area contributed by atoms with Gasteiger partial charge < -0.3 is 10.1 Å². The summed E-state index contributed by atoms with van der Waals surface area (Å²) < 4.78 is 19.3. The van der Waals surface area contributed by atoms with Crippen molar-refractivity contribution < 1.29 is 9.13 Å². The van der Waals surface area contributed by atoms with Gasteiger partial charge in [-0.15, -0.1) is 0 Å². The van der Waals surface area contributed by atoms with Crippen molar-refractivity contribution in [2.45, 2.75) is 37.8 Å². The molecule has 0 saturated heterocycles. The van der Waals surface area contributed by atoms with Crippen molar-refractivity contribution in [1.82, 2.24) is 5.32 Å². The van der Waals surface area contributed by atoms with E-state index in [-0.39, 0.29) is 11.9 Å². The second-order valence-corrected chi connectivity index (χ2v) is 5.11. The number of nitrogens with one attached hydrogen (secondary N) is 1. The molecule has 2 unspecified atom stereocenters. The van der Waals surface area contributed by atoms with E-state index in [4.69, 9.17) is 4.74 Å². The molecule has 0 radical (unpaired) electrons. The molecule has 92 valence electrons. The van der Waals surface area contributed by atoms with Crippen LogP contribution in [0, 0.1) is 11.7 Å². The molecule has 1 aliphatic carbocycles. The first kappa shape index (κ1) is 11.0. The fraction of sp³-hybridized carbons (Fsp3) is 0.571. The van der Waals surface area contributed by atoms with Crippen LogP contribution in [0.4, 0.5) is 4.39 Å². The molecule has 1 heterocycles. The Labute approximate surface area is 101 Å². The number of fused-ring (bicyclic) bond motifs is 1. The van der Waals surface area contributed by atoms with Crippen LogP contribution in [0.15, 0.2) is 18.2 Å². The Bertz CT molecular complexity index is 417. The van der Waals surface area contributed by atoms with Crippen LogP contribution in [0.5, 0.6) is 5.75 Å². The molecule has 1 fully saturated rings. The number of halogens is 1. The fourth-order valence-electron chi connectivity index (χ4n) is 2.84. The molecule has 1 aromatic carbocycles. The zero-order chi connectivity index (χ0) is 11.8. The van der Waals surface area contributed by atoms with E-state index >= 15 is 0 Å². The third kappa shape index (κ3) is 1.93. The summed E-state index contributed by atoms with van der Waals surface area (Å²) in [5.41, 5.74) is 0.961. The molecular weight excluding hydrogens is 217 g/mol. The maximum Gasteiger partial charge on any atom is 0.124 e. The topological polar surface area (TPSA) is 21.3 Å². The summed E-state index contributed by atoms with van der Waals surface area (Å²) in [7, 11) is 1.93. The standard InChI is InChI=1S/C14H18FNO/c1-16-12-8-14(9-3-2-4-9)17-13-6-5-10(15)7-11(12)13/h5-7,9,12,14,16H,2-4,8H2,1H3. The summed E-state index contributed by atoms with van der Waals surface area (Å²) >= 11 is 0. The van der Waals surface area contributed by atoms with E-state index in [1.54, 1.807) is 12.1 Å².